The van der Waals surface area contributed by atoms with Crippen molar-refractivity contribution in [2.45, 2.75) is 6.54 Å². The number of hydrogen-bond acceptors (Lipinski definition) is 8. The number of aromatic nitrogens is 4. The van der Waals surface area contributed by atoms with Gasteiger partial charge in [-0.2, -0.15) is 19.3 Å². The predicted molar refractivity (Wildman–Crippen MR) is 107 cm³/mol. The molecule has 0 saturated heterocycles. The van der Waals surface area contributed by atoms with E-state index in [1.807, 2.05) is 36.4 Å². The minimum Gasteiger partial charge on any atom is -0.467 e. The van der Waals surface area contributed by atoms with Crippen LogP contribution in [0, 0.1) is 0 Å². The van der Waals surface area contributed by atoms with Crippen LogP contribution >= 0.6 is 11.5 Å². The molecule has 4 aromatic rings. The van der Waals surface area contributed by atoms with Crippen LogP contribution in [0.5, 0.6) is 6.01 Å². The van der Waals surface area contributed by atoms with E-state index in [2.05, 4.69) is 24.6 Å². The third kappa shape index (κ3) is 3.47. The van der Waals surface area contributed by atoms with Gasteiger partial charge in [-0.3, -0.25) is 4.79 Å². The molecule has 0 atom stereocenters. The van der Waals surface area contributed by atoms with E-state index in [-0.39, 0.29) is 6.01 Å². The Hall–Kier alpha value is -3.59. The lowest BCUT2D eigenvalue weighted by molar-refractivity contribution is 0.100. The molecular formula is C19H16N6O2S. The molecule has 0 aliphatic carbocycles. The summed E-state index contributed by atoms with van der Waals surface area (Å²) in [6.45, 7) is 0.558. The van der Waals surface area contributed by atoms with Crippen molar-refractivity contribution in [2.75, 3.05) is 12.4 Å². The van der Waals surface area contributed by atoms with E-state index in [0.717, 1.165) is 10.9 Å². The molecule has 0 aliphatic rings. The summed E-state index contributed by atoms with van der Waals surface area (Å²) in [5.74, 6) is 0.274. The number of nitrogens with one attached hydrogen (secondary N) is 1. The summed E-state index contributed by atoms with van der Waals surface area (Å²) in [6.07, 6.45) is 0. The van der Waals surface area contributed by atoms with Gasteiger partial charge in [-0.1, -0.05) is 42.5 Å². The highest BCUT2D eigenvalue weighted by atomic mass is 32.1. The third-order valence-electron chi connectivity index (χ3n) is 4.07. The van der Waals surface area contributed by atoms with Crippen molar-refractivity contribution in [1.82, 2.24) is 19.3 Å². The molecule has 0 aliphatic heterocycles. The van der Waals surface area contributed by atoms with Crippen molar-refractivity contribution in [1.29, 1.82) is 0 Å². The van der Waals surface area contributed by atoms with Crippen LogP contribution in [0.1, 0.15) is 15.9 Å². The summed E-state index contributed by atoms with van der Waals surface area (Å²) in [4.78, 5) is 25.5. The van der Waals surface area contributed by atoms with Crippen molar-refractivity contribution < 1.29 is 9.53 Å². The largest absolute Gasteiger partial charge is 0.467 e. The van der Waals surface area contributed by atoms with E-state index in [4.69, 9.17) is 10.5 Å². The molecule has 8 nitrogen and oxygen atoms in total. The number of methoxy groups -OCH3 is 1. The summed E-state index contributed by atoms with van der Waals surface area (Å²) in [6, 6.07) is 15.4. The van der Waals surface area contributed by atoms with Crippen LogP contribution in [0.2, 0.25) is 0 Å². The van der Waals surface area contributed by atoms with Gasteiger partial charge in [0, 0.05) is 11.9 Å². The molecule has 140 valence electrons. The summed E-state index contributed by atoms with van der Waals surface area (Å²) in [5, 5.41) is 3.94. The van der Waals surface area contributed by atoms with Crippen LogP contribution in [0.15, 0.2) is 48.5 Å². The first kappa shape index (κ1) is 17.8. The number of rotatable bonds is 6. The molecule has 0 spiro atoms. The highest BCUT2D eigenvalue weighted by Crippen LogP contribution is 2.33. The van der Waals surface area contributed by atoms with E-state index < -0.39 is 5.91 Å². The van der Waals surface area contributed by atoms with Crippen molar-refractivity contribution in [3.8, 4) is 16.7 Å². The number of hydrogen-bond donors (Lipinski definition) is 2. The predicted octanol–water partition coefficient (Wildman–Crippen LogP) is 2.87. The number of anilines is 1. The molecule has 0 fully saturated rings. The molecule has 1 amide bonds. The van der Waals surface area contributed by atoms with Crippen LogP contribution in [0.3, 0.4) is 0 Å². The number of carbonyl (C=O) groups is 1. The van der Waals surface area contributed by atoms with Crippen molar-refractivity contribution in [3.63, 3.8) is 0 Å². The quantitative estimate of drug-likeness (QED) is 0.518. The van der Waals surface area contributed by atoms with Gasteiger partial charge in [-0.05, 0) is 23.2 Å². The maximum absolute atomic E-state index is 11.7. The first-order valence-corrected chi connectivity index (χ1v) is 9.19. The Kier molecular flexibility index (Phi) is 4.81. The van der Waals surface area contributed by atoms with E-state index in [1.165, 1.54) is 18.6 Å². The summed E-state index contributed by atoms with van der Waals surface area (Å²) in [5.41, 5.74) is 7.44. The minimum absolute atomic E-state index is 0.188. The van der Waals surface area contributed by atoms with E-state index >= 15 is 0 Å². The molecule has 28 heavy (non-hydrogen) atoms. The van der Waals surface area contributed by atoms with Gasteiger partial charge in [-0.25, -0.2) is 0 Å². The van der Waals surface area contributed by atoms with E-state index in [1.54, 1.807) is 12.1 Å². The molecule has 0 bridgehead atoms. The Morgan fingerprint density at radius 3 is 2.68 bits per heavy atom. The smallest absolute Gasteiger partial charge is 0.321 e. The first-order valence-electron chi connectivity index (χ1n) is 8.42. The van der Waals surface area contributed by atoms with Gasteiger partial charge in [0.1, 0.15) is 4.88 Å². The maximum Gasteiger partial charge on any atom is 0.321 e. The fourth-order valence-corrected chi connectivity index (χ4v) is 3.55. The molecule has 3 N–H and O–H groups in total. The highest BCUT2D eigenvalue weighted by molar-refractivity contribution is 7.11. The van der Waals surface area contributed by atoms with E-state index in [9.17, 15) is 4.79 Å². The fourth-order valence-electron chi connectivity index (χ4n) is 2.73. The van der Waals surface area contributed by atoms with E-state index in [0.29, 0.717) is 34.3 Å². The number of benzene rings is 2. The number of fused-ring (bicyclic) bond motifs is 1. The molecule has 4 rings (SSSR count). The number of amides is 1. The van der Waals surface area contributed by atoms with Gasteiger partial charge < -0.3 is 15.8 Å². The van der Waals surface area contributed by atoms with Crippen LogP contribution in [-0.4, -0.2) is 32.3 Å². The second kappa shape index (κ2) is 7.57. The first-order chi connectivity index (χ1) is 13.7. The summed E-state index contributed by atoms with van der Waals surface area (Å²) < 4.78 is 9.60. The Labute approximate surface area is 164 Å². The molecular weight excluding hydrogens is 376 g/mol. The zero-order valence-electron chi connectivity index (χ0n) is 14.9. The number of nitrogens with two attached hydrogens (primary N) is 1. The lowest BCUT2D eigenvalue weighted by atomic mass is 10.1. The fraction of sp³-hybridized carbons (Fsp3) is 0.105. The Morgan fingerprint density at radius 1 is 1.11 bits per heavy atom. The van der Waals surface area contributed by atoms with Crippen LogP contribution in [0.25, 0.3) is 21.6 Å². The lowest BCUT2D eigenvalue weighted by Gasteiger charge is -2.08. The zero-order valence-corrected chi connectivity index (χ0v) is 15.7. The third-order valence-corrected chi connectivity index (χ3v) is 4.93. The Balaban J connectivity index is 1.73. The van der Waals surface area contributed by atoms with Crippen molar-refractivity contribution in [2.24, 2.45) is 5.73 Å². The number of primary amides is 1. The lowest BCUT2D eigenvalue weighted by Crippen LogP contribution is -2.11. The SMILES string of the molecule is COc1nc(NCc2ccccc2)nc(-c2snc3c(C(N)=O)cccc23)n1. The monoisotopic (exact) mass is 392 g/mol. The number of ether oxygens (including phenoxy) is 1. The van der Waals surface area contributed by atoms with Crippen molar-refractivity contribution in [3.05, 3.63) is 59.7 Å². The van der Waals surface area contributed by atoms with Crippen LogP contribution in [0.4, 0.5) is 5.95 Å². The number of carbonyl (C=O) groups excluding carboxylic acids is 1. The average Bonchev–Trinajstić information content (AvgIpc) is 3.17. The van der Waals surface area contributed by atoms with Gasteiger partial charge in [0.05, 0.1) is 18.2 Å². The van der Waals surface area contributed by atoms with Gasteiger partial charge in [0.2, 0.25) is 5.95 Å². The molecule has 2 aromatic carbocycles. The van der Waals surface area contributed by atoms with Gasteiger partial charge >= 0.3 is 6.01 Å². The normalized spacial score (nSPS) is 10.8. The Morgan fingerprint density at radius 2 is 1.93 bits per heavy atom. The van der Waals surface area contributed by atoms with Crippen LogP contribution in [-0.2, 0) is 6.54 Å². The average molecular weight is 392 g/mol. The zero-order chi connectivity index (χ0) is 19.5. The summed E-state index contributed by atoms with van der Waals surface area (Å²) >= 11 is 1.20. The molecule has 0 unspecified atom stereocenters. The van der Waals surface area contributed by atoms with Gasteiger partial charge in [-0.15, -0.1) is 0 Å². The van der Waals surface area contributed by atoms with Gasteiger partial charge in [0.15, 0.2) is 5.82 Å². The standard InChI is InChI=1S/C19H16N6O2S/c1-27-19-23-17(22-18(24-19)21-10-11-6-3-2-4-7-11)15-12-8-5-9-13(16(20)26)14(12)25-28-15/h2-9H,10H2,1H3,(H2,20,26)(H,21,22,23,24). The molecule has 0 radical (unpaired) electrons. The van der Waals surface area contributed by atoms with Gasteiger partial charge in [0.25, 0.3) is 5.91 Å². The number of nitrogens with zero attached hydrogens (tertiary/aromatic N) is 4. The minimum atomic E-state index is -0.527. The maximum atomic E-state index is 11.7. The van der Waals surface area contributed by atoms with Crippen molar-refractivity contribution >= 4 is 34.3 Å². The second-order valence-corrected chi connectivity index (χ2v) is 6.66. The molecule has 0 saturated carbocycles. The topological polar surface area (TPSA) is 116 Å². The van der Waals surface area contributed by atoms with Crippen LogP contribution < -0.4 is 15.8 Å². The second-order valence-electron chi connectivity index (χ2n) is 5.89. The molecule has 2 aromatic heterocycles. The molecule has 2 heterocycles. The Bertz CT molecular complexity index is 1150. The summed E-state index contributed by atoms with van der Waals surface area (Å²) in [7, 11) is 1.50. The highest BCUT2D eigenvalue weighted by Gasteiger charge is 2.18. The molecule has 9 heteroatoms.